The van der Waals surface area contributed by atoms with E-state index in [9.17, 15) is 0 Å². The maximum absolute atomic E-state index is 6.18. The lowest BCUT2D eigenvalue weighted by Crippen LogP contribution is -2.49. The first-order valence-corrected chi connectivity index (χ1v) is 11.0. The molecule has 0 spiro atoms. The molecular weight excluding hydrogens is 376 g/mol. The molecule has 0 amide bonds. The Kier molecular flexibility index (Phi) is 5.75. The normalized spacial score (nSPS) is 21.8. The molecule has 5 heteroatoms. The molecule has 2 aliphatic rings. The SMILES string of the molecule is COc1ccc2cc(C3CN(C4CCN(Cc5ccco5)CC4)CCO3)ccc2c1. The Morgan fingerprint density at radius 2 is 1.83 bits per heavy atom. The Balaban J connectivity index is 1.21. The first-order chi connectivity index (χ1) is 14.8. The number of methoxy groups -OCH3 is 1. The lowest BCUT2D eigenvalue weighted by atomic mass is 9.99. The number of furan rings is 1. The van der Waals surface area contributed by atoms with Crippen LogP contribution in [0, 0.1) is 0 Å². The highest BCUT2D eigenvalue weighted by molar-refractivity contribution is 5.84. The van der Waals surface area contributed by atoms with Gasteiger partial charge in [-0.2, -0.15) is 0 Å². The van der Waals surface area contributed by atoms with Crippen molar-refractivity contribution in [3.63, 3.8) is 0 Å². The summed E-state index contributed by atoms with van der Waals surface area (Å²) in [6.07, 6.45) is 4.33. The third kappa shape index (κ3) is 4.24. The van der Waals surface area contributed by atoms with E-state index in [1.807, 2.05) is 12.1 Å². The molecule has 3 heterocycles. The fraction of sp³-hybridized carbons (Fsp3) is 0.440. The van der Waals surface area contributed by atoms with Crippen molar-refractivity contribution < 1.29 is 13.9 Å². The molecule has 2 fully saturated rings. The molecular formula is C25H30N2O3. The molecule has 0 saturated carbocycles. The van der Waals surface area contributed by atoms with Crippen LogP contribution in [-0.2, 0) is 11.3 Å². The summed E-state index contributed by atoms with van der Waals surface area (Å²) >= 11 is 0. The van der Waals surface area contributed by atoms with Gasteiger partial charge >= 0.3 is 0 Å². The van der Waals surface area contributed by atoms with Crippen molar-refractivity contribution in [1.82, 2.24) is 9.80 Å². The van der Waals surface area contributed by atoms with E-state index < -0.39 is 0 Å². The lowest BCUT2D eigenvalue weighted by molar-refractivity contribution is -0.0539. The molecule has 0 bridgehead atoms. The molecule has 0 aliphatic carbocycles. The number of hydrogen-bond donors (Lipinski definition) is 0. The molecule has 2 aromatic carbocycles. The number of nitrogens with zero attached hydrogens (tertiary/aromatic N) is 2. The topological polar surface area (TPSA) is 38.1 Å². The second kappa shape index (κ2) is 8.80. The monoisotopic (exact) mass is 406 g/mol. The van der Waals surface area contributed by atoms with E-state index >= 15 is 0 Å². The van der Waals surface area contributed by atoms with Crippen LogP contribution in [0.2, 0.25) is 0 Å². The van der Waals surface area contributed by atoms with Gasteiger partial charge < -0.3 is 13.9 Å². The van der Waals surface area contributed by atoms with Gasteiger partial charge in [0.25, 0.3) is 0 Å². The van der Waals surface area contributed by atoms with Crippen LogP contribution in [0.3, 0.4) is 0 Å². The van der Waals surface area contributed by atoms with Crippen LogP contribution in [0.5, 0.6) is 5.75 Å². The predicted octanol–water partition coefficient (Wildman–Crippen LogP) is 4.48. The van der Waals surface area contributed by atoms with Crippen molar-refractivity contribution in [2.24, 2.45) is 0 Å². The second-order valence-corrected chi connectivity index (χ2v) is 8.41. The number of likely N-dealkylation sites (tertiary alicyclic amines) is 1. The summed E-state index contributed by atoms with van der Waals surface area (Å²) in [7, 11) is 1.71. The largest absolute Gasteiger partial charge is 0.497 e. The van der Waals surface area contributed by atoms with Crippen LogP contribution in [-0.4, -0.2) is 55.7 Å². The zero-order valence-electron chi connectivity index (χ0n) is 17.6. The molecule has 1 atom stereocenters. The molecule has 2 aliphatic heterocycles. The molecule has 2 saturated heterocycles. The van der Waals surface area contributed by atoms with E-state index in [1.54, 1.807) is 13.4 Å². The van der Waals surface area contributed by atoms with Crippen LogP contribution < -0.4 is 4.74 Å². The van der Waals surface area contributed by atoms with Crippen molar-refractivity contribution >= 4 is 10.8 Å². The van der Waals surface area contributed by atoms with E-state index in [1.165, 1.54) is 29.2 Å². The minimum absolute atomic E-state index is 0.145. The minimum atomic E-state index is 0.145. The molecule has 1 unspecified atom stereocenters. The van der Waals surface area contributed by atoms with E-state index in [-0.39, 0.29) is 6.10 Å². The summed E-state index contributed by atoms with van der Waals surface area (Å²) < 4.78 is 17.0. The first-order valence-electron chi connectivity index (χ1n) is 11.0. The van der Waals surface area contributed by atoms with Crippen molar-refractivity contribution in [3.05, 3.63) is 66.1 Å². The molecule has 5 nitrogen and oxygen atoms in total. The van der Waals surface area contributed by atoms with Crippen molar-refractivity contribution in [2.45, 2.75) is 31.5 Å². The molecule has 0 radical (unpaired) electrons. The summed E-state index contributed by atoms with van der Waals surface area (Å²) in [6.45, 7) is 6.00. The van der Waals surface area contributed by atoms with E-state index in [0.717, 1.165) is 50.8 Å². The lowest BCUT2D eigenvalue weighted by Gasteiger charge is -2.42. The Labute approximate surface area is 178 Å². The highest BCUT2D eigenvalue weighted by atomic mass is 16.5. The summed E-state index contributed by atoms with van der Waals surface area (Å²) in [5.74, 6) is 1.96. The highest BCUT2D eigenvalue weighted by Crippen LogP contribution is 2.30. The van der Waals surface area contributed by atoms with Gasteiger partial charge in [0.1, 0.15) is 11.5 Å². The fourth-order valence-electron chi connectivity index (χ4n) is 4.84. The van der Waals surface area contributed by atoms with E-state index in [0.29, 0.717) is 6.04 Å². The molecule has 0 N–H and O–H groups in total. The van der Waals surface area contributed by atoms with E-state index in [2.05, 4.69) is 46.2 Å². The molecule has 1 aromatic heterocycles. The van der Waals surface area contributed by atoms with Crippen LogP contribution >= 0.6 is 0 Å². The number of benzene rings is 2. The number of fused-ring (bicyclic) bond motifs is 1. The molecule has 30 heavy (non-hydrogen) atoms. The maximum Gasteiger partial charge on any atom is 0.119 e. The zero-order valence-corrected chi connectivity index (χ0v) is 17.6. The Morgan fingerprint density at radius 3 is 2.63 bits per heavy atom. The third-order valence-corrected chi connectivity index (χ3v) is 6.57. The fourth-order valence-corrected chi connectivity index (χ4v) is 4.84. The third-order valence-electron chi connectivity index (χ3n) is 6.57. The van der Waals surface area contributed by atoms with Crippen LogP contribution in [0.1, 0.15) is 30.3 Å². The number of piperidine rings is 1. The number of morpholine rings is 1. The average molecular weight is 407 g/mol. The predicted molar refractivity (Wildman–Crippen MR) is 118 cm³/mol. The summed E-state index contributed by atoms with van der Waals surface area (Å²) in [5.41, 5.74) is 1.27. The standard InChI is InChI=1S/C25H30N2O3/c1-28-23-7-6-19-15-21(5-4-20(19)16-23)25-18-27(12-14-30-25)22-8-10-26(11-9-22)17-24-3-2-13-29-24/h2-7,13,15-16,22,25H,8-12,14,17-18H2,1H3. The highest BCUT2D eigenvalue weighted by Gasteiger charge is 2.30. The summed E-state index contributed by atoms with van der Waals surface area (Å²) in [6, 6.07) is 17.6. The van der Waals surface area contributed by atoms with Gasteiger partial charge in [0.2, 0.25) is 0 Å². The first kappa shape index (κ1) is 19.6. The van der Waals surface area contributed by atoms with Gasteiger partial charge in [0.15, 0.2) is 0 Å². The van der Waals surface area contributed by atoms with Crippen LogP contribution in [0.25, 0.3) is 10.8 Å². The molecule has 158 valence electrons. The quantitative estimate of drug-likeness (QED) is 0.625. The summed E-state index contributed by atoms with van der Waals surface area (Å²) in [4.78, 5) is 5.15. The minimum Gasteiger partial charge on any atom is -0.497 e. The van der Waals surface area contributed by atoms with Crippen molar-refractivity contribution in [3.8, 4) is 5.75 Å². The van der Waals surface area contributed by atoms with Gasteiger partial charge in [-0.15, -0.1) is 0 Å². The second-order valence-electron chi connectivity index (χ2n) is 8.41. The van der Waals surface area contributed by atoms with E-state index in [4.69, 9.17) is 13.9 Å². The Bertz CT molecular complexity index is 964. The molecule has 3 aromatic rings. The van der Waals surface area contributed by atoms with Crippen LogP contribution in [0.4, 0.5) is 0 Å². The van der Waals surface area contributed by atoms with Gasteiger partial charge in [0, 0.05) is 32.2 Å². The maximum atomic E-state index is 6.18. The Morgan fingerprint density at radius 1 is 1.00 bits per heavy atom. The van der Waals surface area contributed by atoms with Gasteiger partial charge in [-0.3, -0.25) is 9.80 Å². The van der Waals surface area contributed by atoms with Crippen molar-refractivity contribution in [2.75, 3.05) is 39.9 Å². The molecule has 5 rings (SSSR count). The summed E-state index contributed by atoms with van der Waals surface area (Å²) in [5, 5.41) is 2.44. The van der Waals surface area contributed by atoms with Gasteiger partial charge in [-0.05, 0) is 59.5 Å². The Hall–Kier alpha value is -2.34. The smallest absolute Gasteiger partial charge is 0.119 e. The van der Waals surface area contributed by atoms with Gasteiger partial charge in [-0.1, -0.05) is 18.2 Å². The zero-order chi connectivity index (χ0) is 20.3. The average Bonchev–Trinajstić information content (AvgIpc) is 3.32. The number of hydrogen-bond acceptors (Lipinski definition) is 5. The number of ether oxygens (including phenoxy) is 2. The number of rotatable bonds is 5. The van der Waals surface area contributed by atoms with Crippen molar-refractivity contribution in [1.29, 1.82) is 0 Å². The van der Waals surface area contributed by atoms with Gasteiger partial charge in [-0.25, -0.2) is 0 Å². The van der Waals surface area contributed by atoms with Crippen LogP contribution in [0.15, 0.2) is 59.2 Å². The van der Waals surface area contributed by atoms with Gasteiger partial charge in [0.05, 0.1) is 32.6 Å².